The minimum Gasteiger partial charge on any atom is -0.444 e. The lowest BCUT2D eigenvalue weighted by Gasteiger charge is -2.23. The molecular formula is C21H26BrFN2O4. The normalized spacial score (nSPS) is 12.7. The van der Waals surface area contributed by atoms with Gasteiger partial charge in [0.25, 0.3) is 0 Å². The number of halogens is 2. The van der Waals surface area contributed by atoms with E-state index >= 15 is 0 Å². The van der Waals surface area contributed by atoms with Crippen molar-refractivity contribution in [2.45, 2.75) is 59.0 Å². The van der Waals surface area contributed by atoms with Gasteiger partial charge in [-0.2, -0.15) is 0 Å². The number of benzene rings is 1. The van der Waals surface area contributed by atoms with E-state index in [-0.39, 0.29) is 23.3 Å². The zero-order valence-electron chi connectivity index (χ0n) is 17.1. The minimum atomic E-state index is -1.34. The Balaban J connectivity index is 2.40. The van der Waals surface area contributed by atoms with Crippen LogP contribution in [0, 0.1) is 5.82 Å². The second-order valence-electron chi connectivity index (χ2n) is 7.82. The molecule has 2 N–H and O–H groups in total. The van der Waals surface area contributed by atoms with Gasteiger partial charge in [0, 0.05) is 17.1 Å². The Morgan fingerprint density at radius 3 is 2.45 bits per heavy atom. The van der Waals surface area contributed by atoms with Crippen molar-refractivity contribution >= 4 is 27.7 Å². The van der Waals surface area contributed by atoms with Crippen molar-refractivity contribution in [1.29, 1.82) is 0 Å². The van der Waals surface area contributed by atoms with Gasteiger partial charge in [0.2, 0.25) is 6.29 Å². The Hall–Kier alpha value is -2.03. The Kier molecular flexibility index (Phi) is 7.73. The molecule has 0 radical (unpaired) electrons. The molecule has 2 rings (SSSR count). The van der Waals surface area contributed by atoms with Gasteiger partial charge in [-0.15, -0.1) is 0 Å². The van der Waals surface area contributed by atoms with Crippen LogP contribution in [0.3, 0.4) is 0 Å². The van der Waals surface area contributed by atoms with E-state index in [1.165, 1.54) is 12.1 Å². The summed E-state index contributed by atoms with van der Waals surface area (Å²) in [5.41, 5.74) is 1.32. The summed E-state index contributed by atoms with van der Waals surface area (Å²) in [6, 6.07) is 6.11. The van der Waals surface area contributed by atoms with Crippen molar-refractivity contribution in [1.82, 2.24) is 4.98 Å². The maximum atomic E-state index is 13.2. The second-order valence-corrected chi connectivity index (χ2v) is 8.62. The molecule has 158 valence electrons. The molecule has 0 spiro atoms. The first-order chi connectivity index (χ1) is 13.5. The third-order valence-corrected chi connectivity index (χ3v) is 4.59. The maximum absolute atomic E-state index is 13.2. The molecule has 1 heterocycles. The van der Waals surface area contributed by atoms with Crippen molar-refractivity contribution in [3.05, 3.63) is 57.6 Å². The van der Waals surface area contributed by atoms with Gasteiger partial charge in [-0.1, -0.05) is 12.1 Å². The first kappa shape index (κ1) is 23.3. The number of aliphatic hydroxyl groups is 1. The lowest BCUT2D eigenvalue weighted by molar-refractivity contribution is -0.131. The molecular weight excluding hydrogens is 443 g/mol. The highest BCUT2D eigenvalue weighted by molar-refractivity contribution is 9.10. The number of nitrogens with one attached hydrogen (secondary N) is 1. The monoisotopic (exact) mass is 468 g/mol. The number of carbonyl (C=O) groups is 1. The molecule has 0 aliphatic rings. The van der Waals surface area contributed by atoms with Crippen LogP contribution in [0.25, 0.3) is 0 Å². The average Bonchev–Trinajstić information content (AvgIpc) is 2.58. The van der Waals surface area contributed by atoms with E-state index < -0.39 is 18.0 Å². The van der Waals surface area contributed by atoms with E-state index in [1.807, 2.05) is 0 Å². The van der Waals surface area contributed by atoms with Crippen molar-refractivity contribution in [3.63, 3.8) is 0 Å². The third kappa shape index (κ3) is 7.06. The molecule has 29 heavy (non-hydrogen) atoms. The summed E-state index contributed by atoms with van der Waals surface area (Å²) in [5.74, 6) is -0.317. The smallest absolute Gasteiger partial charge is 0.412 e. The number of aliphatic hydroxyl groups excluding tert-OH is 1. The molecule has 1 amide bonds. The standard InChI is InChI=1S/C21H26BrFN2O4/c1-12(2)28-19(26)18-17(25-20(27)29-21(3,4)5)16(22)14(11-24-18)10-13-6-8-15(23)9-7-13/h6-9,11-12,19,26H,10H2,1-5H3,(H,25,27). The van der Waals surface area contributed by atoms with Gasteiger partial charge in [0.05, 0.1) is 11.8 Å². The van der Waals surface area contributed by atoms with Crippen LogP contribution in [0.1, 0.15) is 57.7 Å². The van der Waals surface area contributed by atoms with Crippen LogP contribution in [0.15, 0.2) is 34.9 Å². The highest BCUT2D eigenvalue weighted by Crippen LogP contribution is 2.34. The Bertz CT molecular complexity index is 851. The maximum Gasteiger partial charge on any atom is 0.412 e. The topological polar surface area (TPSA) is 80.7 Å². The Morgan fingerprint density at radius 2 is 1.90 bits per heavy atom. The number of pyridine rings is 1. The highest BCUT2D eigenvalue weighted by atomic mass is 79.9. The van der Waals surface area contributed by atoms with Crippen molar-refractivity contribution in [3.8, 4) is 0 Å². The van der Waals surface area contributed by atoms with E-state index in [9.17, 15) is 14.3 Å². The van der Waals surface area contributed by atoms with Gasteiger partial charge < -0.3 is 14.6 Å². The molecule has 0 bridgehead atoms. The van der Waals surface area contributed by atoms with E-state index in [1.54, 1.807) is 52.9 Å². The van der Waals surface area contributed by atoms with Gasteiger partial charge in [-0.05, 0) is 73.8 Å². The van der Waals surface area contributed by atoms with Crippen LogP contribution in [-0.4, -0.2) is 27.9 Å². The fraction of sp³-hybridized carbons (Fsp3) is 0.429. The van der Waals surface area contributed by atoms with Gasteiger partial charge in [-0.25, -0.2) is 9.18 Å². The summed E-state index contributed by atoms with van der Waals surface area (Å²) in [6.07, 6.45) is -0.249. The SMILES string of the molecule is CC(C)OC(O)c1ncc(Cc2ccc(F)cc2)c(Br)c1NC(=O)OC(C)(C)C. The molecule has 0 aliphatic carbocycles. The number of amides is 1. The fourth-order valence-electron chi connectivity index (χ4n) is 2.52. The van der Waals surface area contributed by atoms with Gasteiger partial charge >= 0.3 is 6.09 Å². The second kappa shape index (κ2) is 9.65. The van der Waals surface area contributed by atoms with E-state index in [0.29, 0.717) is 10.9 Å². The quantitative estimate of drug-likeness (QED) is 0.559. The summed E-state index contributed by atoms with van der Waals surface area (Å²) in [7, 11) is 0. The summed E-state index contributed by atoms with van der Waals surface area (Å²) in [6.45, 7) is 8.82. The molecule has 1 atom stereocenters. The first-order valence-electron chi connectivity index (χ1n) is 9.21. The molecule has 1 unspecified atom stereocenters. The zero-order chi connectivity index (χ0) is 21.8. The minimum absolute atomic E-state index is 0.152. The molecule has 1 aromatic heterocycles. The number of nitrogens with zero attached hydrogens (tertiary/aromatic N) is 1. The van der Waals surface area contributed by atoms with Crippen molar-refractivity contribution < 1.29 is 23.8 Å². The predicted molar refractivity (Wildman–Crippen MR) is 112 cm³/mol. The lowest BCUT2D eigenvalue weighted by Crippen LogP contribution is -2.28. The molecule has 1 aromatic carbocycles. The van der Waals surface area contributed by atoms with Crippen LogP contribution in [-0.2, 0) is 15.9 Å². The van der Waals surface area contributed by atoms with E-state index in [0.717, 1.165) is 11.1 Å². The fourth-order valence-corrected chi connectivity index (χ4v) is 3.07. The number of ether oxygens (including phenoxy) is 2. The molecule has 8 heteroatoms. The predicted octanol–water partition coefficient (Wildman–Crippen LogP) is 5.34. The number of aromatic nitrogens is 1. The first-order valence-corrected chi connectivity index (χ1v) is 10.0. The molecule has 0 fully saturated rings. The molecule has 0 saturated heterocycles. The number of hydrogen-bond donors (Lipinski definition) is 2. The zero-order valence-corrected chi connectivity index (χ0v) is 18.7. The van der Waals surface area contributed by atoms with Crippen LogP contribution < -0.4 is 5.32 Å². The summed E-state index contributed by atoms with van der Waals surface area (Å²) < 4.78 is 24.4. The number of carbonyl (C=O) groups excluding carboxylic acids is 1. The van der Waals surface area contributed by atoms with Crippen LogP contribution in [0.2, 0.25) is 0 Å². The number of rotatable bonds is 6. The summed E-state index contributed by atoms with van der Waals surface area (Å²) in [5, 5.41) is 13.1. The van der Waals surface area contributed by atoms with Gasteiger partial charge in [0.15, 0.2) is 0 Å². The van der Waals surface area contributed by atoms with Crippen LogP contribution in [0.5, 0.6) is 0 Å². The van der Waals surface area contributed by atoms with Gasteiger partial charge in [-0.3, -0.25) is 10.3 Å². The summed E-state index contributed by atoms with van der Waals surface area (Å²) in [4.78, 5) is 16.6. The lowest BCUT2D eigenvalue weighted by atomic mass is 10.1. The Labute approximate surface area is 178 Å². The molecule has 0 saturated carbocycles. The van der Waals surface area contributed by atoms with Crippen molar-refractivity contribution in [2.75, 3.05) is 5.32 Å². The molecule has 0 aliphatic heterocycles. The average molecular weight is 469 g/mol. The van der Waals surface area contributed by atoms with E-state index in [2.05, 4.69) is 26.2 Å². The largest absolute Gasteiger partial charge is 0.444 e. The van der Waals surface area contributed by atoms with Crippen molar-refractivity contribution in [2.24, 2.45) is 0 Å². The molecule has 2 aromatic rings. The van der Waals surface area contributed by atoms with E-state index in [4.69, 9.17) is 9.47 Å². The number of anilines is 1. The summed E-state index contributed by atoms with van der Waals surface area (Å²) >= 11 is 3.50. The van der Waals surface area contributed by atoms with Crippen LogP contribution in [0.4, 0.5) is 14.9 Å². The van der Waals surface area contributed by atoms with Crippen LogP contribution >= 0.6 is 15.9 Å². The number of hydrogen-bond acceptors (Lipinski definition) is 5. The highest BCUT2D eigenvalue weighted by Gasteiger charge is 2.24. The van der Waals surface area contributed by atoms with Gasteiger partial charge in [0.1, 0.15) is 17.1 Å². The molecule has 6 nitrogen and oxygen atoms in total. The third-order valence-electron chi connectivity index (χ3n) is 3.69. The Morgan fingerprint density at radius 1 is 1.28 bits per heavy atom.